The van der Waals surface area contributed by atoms with Crippen molar-refractivity contribution in [1.82, 2.24) is 9.55 Å². The van der Waals surface area contributed by atoms with Crippen LogP contribution in [0.5, 0.6) is 0 Å². The highest BCUT2D eigenvalue weighted by molar-refractivity contribution is 5.71. The number of hydrogen-bond donors (Lipinski definition) is 1. The lowest BCUT2D eigenvalue weighted by atomic mass is 10.1. The van der Waals surface area contributed by atoms with Crippen LogP contribution in [0.3, 0.4) is 0 Å². The number of halogens is 2. The van der Waals surface area contributed by atoms with Gasteiger partial charge in [0, 0.05) is 18.0 Å². The summed E-state index contributed by atoms with van der Waals surface area (Å²) in [6.45, 7) is 1.98. The maximum Gasteiger partial charge on any atom is 0.168 e. The van der Waals surface area contributed by atoms with Gasteiger partial charge in [0.1, 0.15) is 17.3 Å². The molecule has 0 saturated heterocycles. The zero-order valence-corrected chi connectivity index (χ0v) is 10.7. The summed E-state index contributed by atoms with van der Waals surface area (Å²) in [5.74, 6) is -0.504. The minimum atomic E-state index is -0.891. The largest absolute Gasteiger partial charge is 0.383 e. The first kappa shape index (κ1) is 12.1. The molecule has 3 rings (SSSR count). The molecule has 0 amide bonds. The normalized spacial score (nSPS) is 14.9. The van der Waals surface area contributed by atoms with Crippen LogP contribution in [0.15, 0.2) is 18.2 Å². The van der Waals surface area contributed by atoms with Crippen molar-refractivity contribution in [2.75, 3.05) is 5.73 Å². The van der Waals surface area contributed by atoms with Crippen molar-refractivity contribution < 1.29 is 8.78 Å². The Balaban J connectivity index is 2.17. The van der Waals surface area contributed by atoms with Crippen LogP contribution in [0.4, 0.5) is 14.6 Å². The number of aromatic nitrogens is 2. The van der Waals surface area contributed by atoms with Crippen molar-refractivity contribution in [3.05, 3.63) is 35.7 Å². The molecule has 3 nitrogen and oxygen atoms in total. The van der Waals surface area contributed by atoms with Crippen LogP contribution < -0.4 is 5.73 Å². The van der Waals surface area contributed by atoms with Crippen LogP contribution in [0.2, 0.25) is 0 Å². The predicted octanol–water partition coefficient (Wildman–Crippen LogP) is 3.31. The monoisotopic (exact) mass is 263 g/mol. The number of nitrogen functional groups attached to an aromatic ring is 1. The van der Waals surface area contributed by atoms with E-state index >= 15 is 0 Å². The fraction of sp³-hybridized carbons (Fsp3) is 0.357. The second kappa shape index (κ2) is 4.33. The minimum absolute atomic E-state index is 0.131. The molecular weight excluding hydrogens is 248 g/mol. The molecule has 0 bridgehead atoms. The predicted molar refractivity (Wildman–Crippen MR) is 69.6 cm³/mol. The second-order valence-electron chi connectivity index (χ2n) is 4.82. The lowest BCUT2D eigenvalue weighted by molar-refractivity contribution is 0.511. The van der Waals surface area contributed by atoms with Crippen molar-refractivity contribution >= 4 is 5.82 Å². The van der Waals surface area contributed by atoms with Gasteiger partial charge >= 0.3 is 0 Å². The summed E-state index contributed by atoms with van der Waals surface area (Å²) in [4.78, 5) is 4.39. The molecule has 0 spiro atoms. The fourth-order valence-electron chi connectivity index (χ4n) is 2.37. The van der Waals surface area contributed by atoms with Crippen molar-refractivity contribution in [2.45, 2.75) is 32.2 Å². The number of benzene rings is 1. The Kier molecular flexibility index (Phi) is 2.77. The zero-order chi connectivity index (χ0) is 13.6. The first-order valence-corrected chi connectivity index (χ1v) is 6.44. The molecule has 2 N–H and O–H groups in total. The van der Waals surface area contributed by atoms with Crippen molar-refractivity contribution in [1.29, 1.82) is 0 Å². The van der Waals surface area contributed by atoms with Gasteiger partial charge in [-0.25, -0.2) is 13.8 Å². The maximum absolute atomic E-state index is 13.8. The molecule has 19 heavy (non-hydrogen) atoms. The molecule has 1 heterocycles. The van der Waals surface area contributed by atoms with Crippen LogP contribution in [0, 0.1) is 11.6 Å². The van der Waals surface area contributed by atoms with Gasteiger partial charge in [-0.1, -0.05) is 13.0 Å². The number of rotatable bonds is 3. The van der Waals surface area contributed by atoms with E-state index in [1.54, 1.807) is 0 Å². The minimum Gasteiger partial charge on any atom is -0.383 e. The number of nitrogens with two attached hydrogens (primary N) is 1. The van der Waals surface area contributed by atoms with Crippen LogP contribution >= 0.6 is 0 Å². The molecule has 0 unspecified atom stereocenters. The van der Waals surface area contributed by atoms with Gasteiger partial charge in [0.15, 0.2) is 11.6 Å². The van der Waals surface area contributed by atoms with Gasteiger partial charge in [-0.2, -0.15) is 0 Å². The maximum atomic E-state index is 13.8. The SMILES string of the molecule is CCc1nc(-c2cccc(F)c2F)c(N)n1C1CC1. The van der Waals surface area contributed by atoms with Crippen LogP contribution in [0.1, 0.15) is 31.6 Å². The van der Waals surface area contributed by atoms with E-state index in [0.717, 1.165) is 31.2 Å². The van der Waals surface area contributed by atoms with Crippen LogP contribution in [-0.4, -0.2) is 9.55 Å². The molecule has 1 aliphatic carbocycles. The Morgan fingerprint density at radius 2 is 2.11 bits per heavy atom. The summed E-state index contributed by atoms with van der Waals surface area (Å²) < 4.78 is 29.1. The van der Waals surface area contributed by atoms with Crippen molar-refractivity contribution in [2.24, 2.45) is 0 Å². The summed E-state index contributed by atoms with van der Waals surface area (Å²) in [7, 11) is 0. The zero-order valence-electron chi connectivity index (χ0n) is 10.7. The summed E-state index contributed by atoms with van der Waals surface area (Å²) >= 11 is 0. The second-order valence-corrected chi connectivity index (χ2v) is 4.82. The molecule has 0 radical (unpaired) electrons. The molecule has 1 aromatic carbocycles. The van der Waals surface area contributed by atoms with Gasteiger partial charge in [0.05, 0.1) is 0 Å². The van der Waals surface area contributed by atoms with E-state index in [4.69, 9.17) is 5.73 Å². The molecule has 1 fully saturated rings. The Morgan fingerprint density at radius 1 is 1.37 bits per heavy atom. The van der Waals surface area contributed by atoms with Gasteiger partial charge in [0.25, 0.3) is 0 Å². The van der Waals surface area contributed by atoms with Crippen molar-refractivity contribution in [3.63, 3.8) is 0 Å². The molecule has 2 aromatic rings. The molecular formula is C14H15F2N3. The smallest absolute Gasteiger partial charge is 0.168 e. The van der Waals surface area contributed by atoms with Crippen LogP contribution in [0.25, 0.3) is 11.3 Å². The van der Waals surface area contributed by atoms with E-state index in [9.17, 15) is 8.78 Å². The van der Waals surface area contributed by atoms with Crippen LogP contribution in [-0.2, 0) is 6.42 Å². The quantitative estimate of drug-likeness (QED) is 0.923. The van der Waals surface area contributed by atoms with E-state index in [1.165, 1.54) is 12.1 Å². The lowest BCUT2D eigenvalue weighted by Gasteiger charge is -2.06. The highest BCUT2D eigenvalue weighted by Crippen LogP contribution is 2.41. The van der Waals surface area contributed by atoms with E-state index in [-0.39, 0.29) is 5.56 Å². The third kappa shape index (κ3) is 1.89. The number of nitrogens with zero attached hydrogens (tertiary/aromatic N) is 2. The Hall–Kier alpha value is -1.91. The first-order chi connectivity index (χ1) is 9.13. The summed E-state index contributed by atoms with van der Waals surface area (Å²) in [5, 5.41) is 0. The molecule has 5 heteroatoms. The van der Waals surface area contributed by atoms with Gasteiger partial charge < -0.3 is 10.3 Å². The van der Waals surface area contributed by atoms with Gasteiger partial charge in [0.2, 0.25) is 0 Å². The summed E-state index contributed by atoms with van der Waals surface area (Å²) in [6.07, 6.45) is 2.86. The summed E-state index contributed by atoms with van der Waals surface area (Å²) in [6, 6.07) is 4.43. The van der Waals surface area contributed by atoms with Gasteiger partial charge in [-0.05, 0) is 25.0 Å². The number of aryl methyl sites for hydroxylation is 1. The third-order valence-electron chi connectivity index (χ3n) is 3.46. The molecule has 0 aliphatic heterocycles. The molecule has 1 aromatic heterocycles. The van der Waals surface area contributed by atoms with Gasteiger partial charge in [-0.3, -0.25) is 0 Å². The molecule has 100 valence electrons. The van der Waals surface area contributed by atoms with E-state index in [1.807, 2.05) is 11.5 Å². The van der Waals surface area contributed by atoms with E-state index in [0.29, 0.717) is 17.6 Å². The lowest BCUT2D eigenvalue weighted by Crippen LogP contribution is -2.04. The Bertz CT molecular complexity index is 630. The van der Waals surface area contributed by atoms with Crippen molar-refractivity contribution in [3.8, 4) is 11.3 Å². The summed E-state index contributed by atoms with van der Waals surface area (Å²) in [5.41, 5.74) is 6.56. The topological polar surface area (TPSA) is 43.8 Å². The Labute approximate surface area is 110 Å². The first-order valence-electron chi connectivity index (χ1n) is 6.44. The average Bonchev–Trinajstić information content (AvgIpc) is 3.17. The number of anilines is 1. The number of hydrogen-bond acceptors (Lipinski definition) is 2. The molecule has 1 aliphatic rings. The molecule has 0 atom stereocenters. The fourth-order valence-corrected chi connectivity index (χ4v) is 2.37. The number of imidazole rings is 1. The third-order valence-corrected chi connectivity index (χ3v) is 3.46. The van der Waals surface area contributed by atoms with Gasteiger partial charge in [-0.15, -0.1) is 0 Å². The van der Waals surface area contributed by atoms with E-state index in [2.05, 4.69) is 4.98 Å². The Morgan fingerprint density at radius 3 is 2.74 bits per heavy atom. The standard InChI is InChI=1S/C14H15F2N3/c1-2-11-18-13(14(17)19(11)8-6-7-8)9-4-3-5-10(15)12(9)16/h3-5,8H,2,6-7,17H2,1H3. The molecule has 1 saturated carbocycles. The highest BCUT2D eigenvalue weighted by Gasteiger charge is 2.30. The average molecular weight is 263 g/mol. The van der Waals surface area contributed by atoms with E-state index < -0.39 is 11.6 Å². The highest BCUT2D eigenvalue weighted by atomic mass is 19.2.